The van der Waals surface area contributed by atoms with E-state index in [-0.39, 0.29) is 0 Å². The van der Waals surface area contributed by atoms with Crippen molar-refractivity contribution in [2.45, 2.75) is 32.6 Å². The number of hydrogen-bond acceptors (Lipinski definition) is 2. The molecule has 0 amide bonds. The van der Waals surface area contributed by atoms with E-state index in [1.165, 1.54) is 5.56 Å². The summed E-state index contributed by atoms with van der Waals surface area (Å²) in [4.78, 5) is 0.592. The molecule has 0 fully saturated rings. The third kappa shape index (κ3) is 4.62. The Balaban J connectivity index is 2.28. The van der Waals surface area contributed by atoms with E-state index in [0.29, 0.717) is 4.99 Å². The van der Waals surface area contributed by atoms with E-state index in [2.05, 4.69) is 13.0 Å². The van der Waals surface area contributed by atoms with Crippen LogP contribution in [0.25, 0.3) is 0 Å². The first kappa shape index (κ1) is 13.0. The second kappa shape index (κ2) is 7.23. The summed E-state index contributed by atoms with van der Waals surface area (Å²) in [5.41, 5.74) is 6.68. The molecule has 3 heteroatoms. The predicted octanol–water partition coefficient (Wildman–Crippen LogP) is 3.08. The molecule has 0 saturated heterocycles. The molecule has 0 atom stereocenters. The molecule has 0 aliphatic rings. The third-order valence-electron chi connectivity index (χ3n) is 2.43. The fraction of sp³-hybridized carbons (Fsp3) is 0.462. The number of ether oxygens (including phenoxy) is 1. The summed E-state index contributed by atoms with van der Waals surface area (Å²) in [6.45, 7) is 2.87. The van der Waals surface area contributed by atoms with Gasteiger partial charge in [0.1, 0.15) is 5.75 Å². The van der Waals surface area contributed by atoms with E-state index in [0.717, 1.165) is 38.0 Å². The fourth-order valence-corrected chi connectivity index (χ4v) is 1.66. The van der Waals surface area contributed by atoms with Gasteiger partial charge in [-0.1, -0.05) is 37.3 Å². The van der Waals surface area contributed by atoms with Crippen molar-refractivity contribution in [3.63, 3.8) is 0 Å². The molecule has 0 spiro atoms. The first-order valence-electron chi connectivity index (χ1n) is 5.73. The smallest absolute Gasteiger partial charge is 0.122 e. The summed E-state index contributed by atoms with van der Waals surface area (Å²) in [6.07, 6.45) is 3.82. The van der Waals surface area contributed by atoms with Gasteiger partial charge in [0, 0.05) is 0 Å². The van der Waals surface area contributed by atoms with E-state index in [4.69, 9.17) is 22.7 Å². The number of benzene rings is 1. The molecule has 0 radical (unpaired) electrons. The van der Waals surface area contributed by atoms with Crippen molar-refractivity contribution >= 4 is 17.2 Å². The van der Waals surface area contributed by atoms with Crippen molar-refractivity contribution in [1.82, 2.24) is 0 Å². The average molecular weight is 237 g/mol. The van der Waals surface area contributed by atoms with Crippen LogP contribution in [0, 0.1) is 0 Å². The van der Waals surface area contributed by atoms with E-state index in [1.807, 2.05) is 18.2 Å². The highest BCUT2D eigenvalue weighted by Crippen LogP contribution is 2.18. The van der Waals surface area contributed by atoms with Crippen LogP contribution < -0.4 is 10.5 Å². The van der Waals surface area contributed by atoms with Crippen LogP contribution in [-0.4, -0.2) is 11.6 Å². The monoisotopic (exact) mass is 237 g/mol. The van der Waals surface area contributed by atoms with Crippen LogP contribution in [0.1, 0.15) is 31.7 Å². The molecular weight excluding hydrogens is 218 g/mol. The molecule has 0 heterocycles. The normalized spacial score (nSPS) is 10.1. The fourth-order valence-electron chi connectivity index (χ4n) is 1.52. The Labute approximate surface area is 103 Å². The third-order valence-corrected chi connectivity index (χ3v) is 2.63. The molecule has 0 unspecified atom stereocenters. The van der Waals surface area contributed by atoms with E-state index in [1.54, 1.807) is 0 Å². The van der Waals surface area contributed by atoms with Crippen molar-refractivity contribution in [3.05, 3.63) is 29.8 Å². The molecule has 16 heavy (non-hydrogen) atoms. The molecule has 0 bridgehead atoms. The number of aryl methyl sites for hydroxylation is 1. The number of unbranched alkanes of at least 4 members (excludes halogenated alkanes) is 1. The largest absolute Gasteiger partial charge is 0.493 e. The molecule has 0 aliphatic carbocycles. The quantitative estimate of drug-likeness (QED) is 0.584. The minimum atomic E-state index is 0.592. The highest BCUT2D eigenvalue weighted by atomic mass is 32.1. The Hall–Kier alpha value is -1.09. The van der Waals surface area contributed by atoms with Crippen LogP contribution >= 0.6 is 12.2 Å². The zero-order valence-electron chi connectivity index (χ0n) is 9.74. The first-order chi connectivity index (χ1) is 7.74. The minimum Gasteiger partial charge on any atom is -0.493 e. The van der Waals surface area contributed by atoms with Crippen LogP contribution in [0.2, 0.25) is 0 Å². The van der Waals surface area contributed by atoms with Gasteiger partial charge >= 0.3 is 0 Å². The average Bonchev–Trinajstić information content (AvgIpc) is 2.29. The van der Waals surface area contributed by atoms with Crippen molar-refractivity contribution in [1.29, 1.82) is 0 Å². The van der Waals surface area contributed by atoms with Gasteiger partial charge in [-0.3, -0.25) is 0 Å². The lowest BCUT2D eigenvalue weighted by molar-refractivity contribution is 0.305. The van der Waals surface area contributed by atoms with Gasteiger partial charge in [0.2, 0.25) is 0 Å². The van der Waals surface area contributed by atoms with Gasteiger partial charge in [0.05, 0.1) is 11.6 Å². The molecule has 0 saturated carbocycles. The molecule has 1 aromatic rings. The number of hydrogen-bond donors (Lipinski definition) is 1. The maximum absolute atomic E-state index is 5.73. The summed E-state index contributed by atoms with van der Waals surface area (Å²) in [5, 5.41) is 0. The first-order valence-corrected chi connectivity index (χ1v) is 6.14. The van der Waals surface area contributed by atoms with Crippen molar-refractivity contribution in [2.24, 2.45) is 5.73 Å². The summed E-state index contributed by atoms with van der Waals surface area (Å²) in [7, 11) is 0. The second-order valence-electron chi connectivity index (χ2n) is 3.73. The topological polar surface area (TPSA) is 35.2 Å². The number of thiocarbonyl (C=S) groups is 1. The predicted molar refractivity (Wildman–Crippen MR) is 72.0 cm³/mol. The Morgan fingerprint density at radius 3 is 2.75 bits per heavy atom. The molecule has 2 nitrogen and oxygen atoms in total. The van der Waals surface area contributed by atoms with E-state index in [9.17, 15) is 0 Å². The van der Waals surface area contributed by atoms with Crippen LogP contribution in [0.5, 0.6) is 5.75 Å². The lowest BCUT2D eigenvalue weighted by Gasteiger charge is -2.09. The SMILES string of the molecule is CCc1ccccc1OCCCCC(N)=S. The molecule has 0 aromatic heterocycles. The van der Waals surface area contributed by atoms with Crippen molar-refractivity contribution < 1.29 is 4.74 Å². The number of para-hydroxylation sites is 1. The zero-order chi connectivity index (χ0) is 11.8. The lowest BCUT2D eigenvalue weighted by Crippen LogP contribution is -2.08. The van der Waals surface area contributed by atoms with Crippen molar-refractivity contribution in [3.8, 4) is 5.75 Å². The minimum absolute atomic E-state index is 0.592. The van der Waals surface area contributed by atoms with E-state index < -0.39 is 0 Å². The lowest BCUT2D eigenvalue weighted by atomic mass is 10.1. The summed E-state index contributed by atoms with van der Waals surface area (Å²) < 4.78 is 5.73. The highest BCUT2D eigenvalue weighted by molar-refractivity contribution is 7.80. The Morgan fingerprint density at radius 1 is 1.31 bits per heavy atom. The van der Waals surface area contributed by atoms with Gasteiger partial charge in [0.15, 0.2) is 0 Å². The maximum atomic E-state index is 5.73. The summed E-state index contributed by atoms with van der Waals surface area (Å²) in [5.74, 6) is 1.00. The molecule has 2 N–H and O–H groups in total. The Bertz CT molecular complexity index is 338. The molecule has 0 aliphatic heterocycles. The molecule has 88 valence electrons. The summed E-state index contributed by atoms with van der Waals surface area (Å²) in [6, 6.07) is 8.17. The molecule has 1 aromatic carbocycles. The van der Waals surface area contributed by atoms with Crippen LogP contribution in [-0.2, 0) is 6.42 Å². The zero-order valence-corrected chi connectivity index (χ0v) is 10.6. The van der Waals surface area contributed by atoms with Gasteiger partial charge in [-0.05, 0) is 37.3 Å². The van der Waals surface area contributed by atoms with Crippen LogP contribution in [0.4, 0.5) is 0 Å². The van der Waals surface area contributed by atoms with Gasteiger partial charge in [-0.25, -0.2) is 0 Å². The van der Waals surface area contributed by atoms with Gasteiger partial charge < -0.3 is 10.5 Å². The maximum Gasteiger partial charge on any atom is 0.122 e. The number of nitrogens with two attached hydrogens (primary N) is 1. The number of rotatable bonds is 7. The van der Waals surface area contributed by atoms with Gasteiger partial charge in [-0.15, -0.1) is 0 Å². The standard InChI is InChI=1S/C13H19NOS/c1-2-11-7-3-4-8-12(11)15-10-6-5-9-13(14)16/h3-4,7-8H,2,5-6,9-10H2,1H3,(H2,14,16). The van der Waals surface area contributed by atoms with Crippen LogP contribution in [0.15, 0.2) is 24.3 Å². The Morgan fingerprint density at radius 2 is 2.06 bits per heavy atom. The van der Waals surface area contributed by atoms with E-state index >= 15 is 0 Å². The van der Waals surface area contributed by atoms with Crippen molar-refractivity contribution in [2.75, 3.05) is 6.61 Å². The second-order valence-corrected chi connectivity index (χ2v) is 4.26. The molecule has 1 rings (SSSR count). The van der Waals surface area contributed by atoms with Gasteiger partial charge in [-0.2, -0.15) is 0 Å². The summed E-state index contributed by atoms with van der Waals surface area (Å²) >= 11 is 4.82. The van der Waals surface area contributed by atoms with Crippen LogP contribution in [0.3, 0.4) is 0 Å². The molecular formula is C13H19NOS. The highest BCUT2D eigenvalue weighted by Gasteiger charge is 2.00. The Kier molecular flexibility index (Phi) is 5.86. The van der Waals surface area contributed by atoms with Gasteiger partial charge in [0.25, 0.3) is 0 Å².